The molecule has 394 valence electrons. The van der Waals surface area contributed by atoms with Crippen molar-refractivity contribution in [1.29, 1.82) is 0 Å². The third-order valence-corrected chi connectivity index (χ3v) is 16.1. The summed E-state index contributed by atoms with van der Waals surface area (Å²) in [5.41, 5.74) is -2.32. The van der Waals surface area contributed by atoms with Crippen LogP contribution >= 0.6 is 23.4 Å². The van der Waals surface area contributed by atoms with Gasteiger partial charge in [0.15, 0.2) is 11.8 Å². The van der Waals surface area contributed by atoms with Crippen LogP contribution in [-0.4, -0.2) is 149 Å². The topological polar surface area (TPSA) is 243 Å². The number of nitrogens with zero attached hydrogens (tertiary/aromatic N) is 3. The number of benzene rings is 1. The summed E-state index contributed by atoms with van der Waals surface area (Å²) in [7, 11) is 4.45. The number of hydrogen-bond donors (Lipinski definition) is 2. The highest BCUT2D eigenvalue weighted by Crippen LogP contribution is 2.51. The molecule has 72 heavy (non-hydrogen) atoms. The Kier molecular flexibility index (Phi) is 17.2. The quantitative estimate of drug-likeness (QED) is 0.143. The smallest absolute Gasteiger partial charge is 0.409 e. The van der Waals surface area contributed by atoms with Crippen LogP contribution in [0, 0.1) is 11.8 Å². The molecule has 6 amide bonds. The van der Waals surface area contributed by atoms with Crippen LogP contribution in [0.5, 0.6) is 5.75 Å². The summed E-state index contributed by atoms with van der Waals surface area (Å²) in [5.74, 6) is -3.17. The summed E-state index contributed by atoms with van der Waals surface area (Å²) in [4.78, 5) is 112. The maximum atomic E-state index is 14.3. The van der Waals surface area contributed by atoms with Crippen molar-refractivity contribution in [3.8, 4) is 5.75 Å². The lowest BCUT2D eigenvalue weighted by atomic mass is 9.72. The predicted molar refractivity (Wildman–Crippen MR) is 259 cm³/mol. The number of alkyl carbamates (subject to hydrolysis) is 1. The second kappa shape index (κ2) is 22.6. The van der Waals surface area contributed by atoms with E-state index in [1.54, 1.807) is 45.2 Å². The summed E-state index contributed by atoms with van der Waals surface area (Å²) in [6.45, 7) is 7.19. The van der Waals surface area contributed by atoms with E-state index in [0.717, 1.165) is 11.1 Å². The molecule has 1 aromatic rings. The highest BCUT2D eigenvalue weighted by molar-refractivity contribution is 8.00. The number of ether oxygens (including phenoxy) is 6. The highest BCUT2D eigenvalue weighted by atomic mass is 35.5. The lowest BCUT2D eigenvalue weighted by Crippen LogP contribution is -2.72. The van der Waals surface area contributed by atoms with E-state index >= 15 is 0 Å². The van der Waals surface area contributed by atoms with E-state index < -0.39 is 88.3 Å². The lowest BCUT2D eigenvalue weighted by Gasteiger charge is -2.59. The number of esters is 1. The van der Waals surface area contributed by atoms with Crippen LogP contribution in [0.4, 0.5) is 10.5 Å². The van der Waals surface area contributed by atoms with Crippen molar-refractivity contribution < 1.29 is 76.7 Å². The van der Waals surface area contributed by atoms with E-state index in [2.05, 4.69) is 5.32 Å². The summed E-state index contributed by atoms with van der Waals surface area (Å²) in [6, 6.07) is 3.56. The fourth-order valence-electron chi connectivity index (χ4n) is 10.4. The number of thioether (sulfide) groups is 1. The van der Waals surface area contributed by atoms with Gasteiger partial charge in [0.2, 0.25) is 17.7 Å². The Hall–Kier alpha value is -5.06. The maximum Gasteiger partial charge on any atom is 0.409 e. The number of fused-ring (bicyclic) bond motifs is 6. The van der Waals surface area contributed by atoms with E-state index in [1.165, 1.54) is 42.7 Å². The first-order valence-corrected chi connectivity index (χ1v) is 25.8. The average molecular weight is 1050 g/mol. The number of allylic oxidation sites excluding steroid dienone is 3. The number of methoxy groups -OCH3 is 2. The first-order valence-electron chi connectivity index (χ1n) is 24.3. The van der Waals surface area contributed by atoms with Crippen molar-refractivity contribution in [2.75, 3.05) is 45.1 Å². The van der Waals surface area contributed by atoms with Crippen LogP contribution in [0.3, 0.4) is 0 Å². The maximum absolute atomic E-state index is 14.3. The third kappa shape index (κ3) is 12.1. The minimum absolute atomic E-state index is 0.00481. The number of anilines is 1. The number of carbonyl (C=O) groups excluding carboxylic acids is 8. The zero-order chi connectivity index (χ0) is 52.3. The molecule has 2 N–H and O–H groups in total. The zero-order valence-corrected chi connectivity index (χ0v) is 43.3. The number of hydrogen-bond acceptors (Lipinski definition) is 17. The SMILES string of the molecule is COc1cc2cc(c1Cl)N(C)C(=O)C[C@H](OC(=O)[C@@H](C)OCCCSC1CC(=O)N(CC3CCC(C(=O)ON4C(=O)CCC4=O)CC3)C1=O)[C@@]1(C)CC(C)(O1)[C@@H]1C[C@@](O)(NC(=O)O1)[C@H](OC)/C=C/C=C(\C)C2. The molecule has 1 aromatic carbocycles. The van der Waals surface area contributed by atoms with Crippen molar-refractivity contribution in [3.63, 3.8) is 0 Å². The van der Waals surface area contributed by atoms with Gasteiger partial charge >= 0.3 is 18.0 Å². The molecule has 4 saturated heterocycles. The molecular formula is C50H65ClN4O16S. The van der Waals surface area contributed by atoms with E-state index in [4.69, 9.17) is 44.9 Å². The Labute approximate surface area is 427 Å². The van der Waals surface area contributed by atoms with Gasteiger partial charge in [0.25, 0.3) is 11.8 Å². The van der Waals surface area contributed by atoms with E-state index in [0.29, 0.717) is 60.8 Å². The molecule has 6 bridgehead atoms. The van der Waals surface area contributed by atoms with Gasteiger partial charge in [0.1, 0.15) is 40.3 Å². The number of imide groups is 2. The Balaban J connectivity index is 0.952. The molecule has 0 aromatic heterocycles. The van der Waals surface area contributed by atoms with Gasteiger partial charge in [-0.25, -0.2) is 14.4 Å². The standard InChI is InChI=1S/C50H65ClN4O16S/c1-28-10-8-11-36(66-7)50(64)25-38(69-47(63)52-50)49(4)27-48(3,71-49)37(24-41(58)53(5)33-21-31(20-28)22-34(65-6)43(33)51)68-45(61)29(2)67-18-9-19-72-35-23-42(59)54(44(35)60)26-30-12-14-32(15-13-30)46(62)70-55-39(56)16-17-40(55)57/h8,10-11,21-22,29-30,32,35-38,64H,9,12-20,23-27H2,1-7H3,(H,52,63)/b11-8+,28-10+/t29-,30?,32?,35?,36-,37+,38+,48-,49?,50+/m1/s1. The van der Waals surface area contributed by atoms with Gasteiger partial charge < -0.3 is 43.3 Å². The number of likely N-dealkylation sites (tertiary alicyclic amines) is 1. The summed E-state index contributed by atoms with van der Waals surface area (Å²) < 4.78 is 35.5. The van der Waals surface area contributed by atoms with Gasteiger partial charge in [-0.05, 0) is 95.6 Å². The number of amides is 6. The normalized spacial score (nSPS) is 32.8. The Bertz CT molecular complexity index is 2350. The molecule has 8 rings (SSSR count). The molecule has 0 radical (unpaired) electrons. The van der Waals surface area contributed by atoms with Crippen LogP contribution in [0.1, 0.15) is 104 Å². The minimum Gasteiger partial charge on any atom is -0.495 e. The zero-order valence-electron chi connectivity index (χ0n) is 41.7. The Morgan fingerprint density at radius 3 is 2.35 bits per heavy atom. The van der Waals surface area contributed by atoms with Gasteiger partial charge in [-0.15, -0.1) is 16.8 Å². The van der Waals surface area contributed by atoms with E-state index in [1.807, 2.05) is 13.0 Å². The van der Waals surface area contributed by atoms with Gasteiger partial charge in [0.05, 0.1) is 30.4 Å². The number of halogens is 1. The van der Waals surface area contributed by atoms with Crippen LogP contribution in [0.25, 0.3) is 0 Å². The Morgan fingerprint density at radius 2 is 1.68 bits per heavy atom. The molecule has 6 aliphatic heterocycles. The van der Waals surface area contributed by atoms with Gasteiger partial charge in [-0.3, -0.25) is 34.2 Å². The first kappa shape index (κ1) is 54.7. The number of nitrogens with one attached hydrogen (secondary N) is 1. The van der Waals surface area contributed by atoms with Crippen molar-refractivity contribution in [1.82, 2.24) is 15.3 Å². The van der Waals surface area contributed by atoms with Gasteiger partial charge in [0, 0.05) is 59.4 Å². The van der Waals surface area contributed by atoms with Crippen LogP contribution in [0.2, 0.25) is 5.02 Å². The van der Waals surface area contributed by atoms with Gasteiger partial charge in [-0.2, -0.15) is 0 Å². The van der Waals surface area contributed by atoms with Crippen molar-refractivity contribution in [3.05, 3.63) is 46.5 Å². The number of rotatable bonds is 14. The fourth-order valence-corrected chi connectivity index (χ4v) is 11.8. The van der Waals surface area contributed by atoms with E-state index in [-0.39, 0.29) is 74.4 Å². The van der Waals surface area contributed by atoms with Crippen molar-refractivity contribution in [2.24, 2.45) is 11.8 Å². The molecule has 8 atom stereocenters. The van der Waals surface area contributed by atoms with Crippen LogP contribution < -0.4 is 15.0 Å². The van der Waals surface area contributed by atoms with E-state index in [9.17, 15) is 43.5 Å². The second-order valence-corrected chi connectivity index (χ2v) is 21.7. The van der Waals surface area contributed by atoms with Crippen molar-refractivity contribution in [2.45, 2.75) is 151 Å². The highest BCUT2D eigenvalue weighted by Gasteiger charge is 2.63. The Morgan fingerprint density at radius 1 is 0.986 bits per heavy atom. The molecule has 5 fully saturated rings. The first-order chi connectivity index (χ1) is 34.1. The summed E-state index contributed by atoms with van der Waals surface area (Å²) >= 11 is 8.13. The molecular weight excluding hydrogens is 980 g/mol. The average Bonchev–Trinajstić information content (AvgIpc) is 3.78. The minimum atomic E-state index is -1.89. The molecule has 0 spiro atoms. The van der Waals surface area contributed by atoms with Crippen molar-refractivity contribution >= 4 is 76.6 Å². The number of hydroxylamine groups is 2. The molecule has 7 aliphatic rings. The van der Waals surface area contributed by atoms with Gasteiger partial charge in [-0.1, -0.05) is 35.4 Å². The second-order valence-electron chi connectivity index (χ2n) is 20.0. The van der Waals surface area contributed by atoms with Crippen LogP contribution in [0.15, 0.2) is 35.9 Å². The molecule has 20 nitrogen and oxygen atoms in total. The monoisotopic (exact) mass is 1040 g/mol. The largest absolute Gasteiger partial charge is 0.495 e. The molecule has 1 aliphatic carbocycles. The fraction of sp³-hybridized carbons (Fsp3) is 0.640. The molecule has 1 saturated carbocycles. The summed E-state index contributed by atoms with van der Waals surface area (Å²) in [6.07, 6.45) is 2.70. The molecule has 22 heteroatoms. The van der Waals surface area contributed by atoms with Crippen LogP contribution in [-0.2, 0) is 68.5 Å². The number of carbonyl (C=O) groups is 8. The molecule has 6 heterocycles. The summed E-state index contributed by atoms with van der Waals surface area (Å²) in [5, 5.41) is 14.5. The molecule has 2 unspecified atom stereocenters. The third-order valence-electron chi connectivity index (χ3n) is 14.4. The predicted octanol–water partition coefficient (Wildman–Crippen LogP) is 4.88. The lowest BCUT2D eigenvalue weighted by molar-refractivity contribution is -0.328. The number of aliphatic hydroxyl groups is 1.